The van der Waals surface area contributed by atoms with Crippen molar-refractivity contribution in [3.05, 3.63) is 0 Å². The summed E-state index contributed by atoms with van der Waals surface area (Å²) in [5, 5.41) is 35.2. The molecule has 0 unspecified atom stereocenters. The number of amides is 1. The third kappa shape index (κ3) is 23.3. The van der Waals surface area contributed by atoms with Gasteiger partial charge >= 0.3 is 23.9 Å². The van der Waals surface area contributed by atoms with Crippen LogP contribution < -0.4 is 28.3 Å². The van der Waals surface area contributed by atoms with Crippen molar-refractivity contribution in [1.82, 2.24) is 5.32 Å². The average molecular weight is 453 g/mol. The number of carboxylic acid groups (broad SMARTS) is 4. The molecule has 0 saturated carbocycles. The maximum Gasteiger partial charge on any atom is 0.320 e. The molecule has 1 aliphatic rings. The number of carbonyl (C=O) groups is 5. The molecule has 182 valence electrons. The smallest absolute Gasteiger partial charge is 0.320 e. The lowest BCUT2D eigenvalue weighted by atomic mass is 10.1. The van der Waals surface area contributed by atoms with E-state index in [0.29, 0.717) is 0 Å². The Labute approximate surface area is 179 Å². The lowest BCUT2D eigenvalue weighted by Gasteiger charge is -2.07. The summed E-state index contributed by atoms with van der Waals surface area (Å²) >= 11 is 0. The fourth-order valence-corrected chi connectivity index (χ4v) is 1.60. The van der Waals surface area contributed by atoms with Crippen LogP contribution in [0.2, 0.25) is 0 Å². The van der Waals surface area contributed by atoms with Crippen molar-refractivity contribution in [1.29, 1.82) is 0 Å². The van der Waals surface area contributed by atoms with E-state index in [1.807, 2.05) is 0 Å². The fraction of sp³-hybridized carbons (Fsp3) is 0.706. The van der Waals surface area contributed by atoms with Gasteiger partial charge in [0.2, 0.25) is 5.91 Å². The second-order valence-electron chi connectivity index (χ2n) is 6.64. The zero-order chi connectivity index (χ0) is 25.1. The summed E-state index contributed by atoms with van der Waals surface area (Å²) in [6.45, 7) is 4.13. The topological polar surface area (TPSA) is 282 Å². The number of rotatable bonds is 8. The van der Waals surface area contributed by atoms with Crippen LogP contribution in [0.25, 0.3) is 0 Å². The highest BCUT2D eigenvalue weighted by Crippen LogP contribution is 2.03. The van der Waals surface area contributed by atoms with Crippen molar-refractivity contribution < 1.29 is 44.4 Å². The molecule has 1 aliphatic heterocycles. The molecule has 0 aromatic rings. The van der Waals surface area contributed by atoms with Crippen LogP contribution in [-0.4, -0.2) is 81.4 Å². The summed E-state index contributed by atoms with van der Waals surface area (Å²) in [6, 6.07) is -1.96. The van der Waals surface area contributed by atoms with Crippen molar-refractivity contribution in [2.75, 3.05) is 13.1 Å². The number of aliphatic carboxylic acids is 4. The van der Waals surface area contributed by atoms with Gasteiger partial charge in [0.15, 0.2) is 0 Å². The molecule has 14 heteroatoms. The Bertz CT molecular complexity index is 554. The van der Waals surface area contributed by atoms with Gasteiger partial charge < -0.3 is 48.7 Å². The maximum absolute atomic E-state index is 10.1. The number of carbonyl (C=O) groups excluding carboxylic acids is 1. The van der Waals surface area contributed by atoms with Gasteiger partial charge in [0.1, 0.15) is 18.1 Å². The highest BCUT2D eigenvalue weighted by molar-refractivity contribution is 5.77. The molecule has 0 spiro atoms. The first-order valence-corrected chi connectivity index (χ1v) is 9.30. The summed E-state index contributed by atoms with van der Waals surface area (Å²) in [4.78, 5) is 49.5. The zero-order valence-electron chi connectivity index (χ0n) is 17.7. The van der Waals surface area contributed by atoms with E-state index in [9.17, 15) is 24.0 Å². The van der Waals surface area contributed by atoms with E-state index in [1.54, 1.807) is 13.8 Å². The minimum atomic E-state index is -1.11. The molecule has 0 aromatic heterocycles. The van der Waals surface area contributed by atoms with E-state index in [1.165, 1.54) is 0 Å². The van der Waals surface area contributed by atoms with Gasteiger partial charge in [-0.1, -0.05) is 13.8 Å². The van der Waals surface area contributed by atoms with Crippen LogP contribution in [0.4, 0.5) is 0 Å². The fourth-order valence-electron chi connectivity index (χ4n) is 1.60. The first-order valence-electron chi connectivity index (χ1n) is 9.30. The first kappa shape index (κ1) is 32.8. The number of primary amides is 1. The summed E-state index contributed by atoms with van der Waals surface area (Å²) < 4.78 is 0. The average Bonchev–Trinajstić information content (AvgIpc) is 3.21. The van der Waals surface area contributed by atoms with Gasteiger partial charge in [-0.25, -0.2) is 0 Å². The quantitative estimate of drug-likeness (QED) is 0.185. The molecule has 13 N–H and O–H groups in total. The molecule has 1 amide bonds. The summed E-state index contributed by atoms with van der Waals surface area (Å²) in [5.74, 6) is -4.24. The van der Waals surface area contributed by atoms with Gasteiger partial charge in [0, 0.05) is 6.42 Å². The normalized spacial score (nSPS) is 16.1. The van der Waals surface area contributed by atoms with Gasteiger partial charge in [-0.2, -0.15) is 0 Å². The lowest BCUT2D eigenvalue weighted by Crippen LogP contribution is -2.34. The van der Waals surface area contributed by atoms with Crippen LogP contribution in [0.1, 0.15) is 39.5 Å². The Hall–Kier alpha value is -2.81. The standard InChI is InChI=1S/C5H10N2O3.C5H9NO2.C5H11NO2.C2H5NO2/c6-3(5(9)10)1-2-4(7)8;7-5(8)4-2-1-3-6-4;1-3(2)4(6)5(7)8;3-1-2(4)5/h3H,1-2,6H2,(H2,7,8)(H,9,10);4,6H,1-3H2,(H,7,8);3-4H,6H2,1-2H3,(H,7,8);1,3H2,(H,4,5)/t3-;2*4-;/m000./s1. The minimum Gasteiger partial charge on any atom is -0.480 e. The van der Waals surface area contributed by atoms with Crippen LogP contribution in [0.3, 0.4) is 0 Å². The predicted octanol–water partition coefficient (Wildman–Crippen LogP) is -2.43. The summed E-state index contributed by atoms with van der Waals surface area (Å²) in [6.07, 6.45) is 1.91. The summed E-state index contributed by atoms with van der Waals surface area (Å²) in [5.41, 5.74) is 19.5. The summed E-state index contributed by atoms with van der Waals surface area (Å²) in [7, 11) is 0. The zero-order valence-corrected chi connectivity index (χ0v) is 17.7. The third-order valence-corrected chi connectivity index (χ3v) is 3.56. The molecule has 1 rings (SSSR count). The van der Waals surface area contributed by atoms with E-state index in [2.05, 4.69) is 11.1 Å². The first-order chi connectivity index (χ1) is 14.2. The number of nitrogens with one attached hydrogen (secondary N) is 1. The molecule has 1 saturated heterocycles. The molecule has 1 heterocycles. The molecule has 3 atom stereocenters. The highest BCUT2D eigenvalue weighted by atomic mass is 16.4. The number of nitrogens with two attached hydrogens (primary N) is 4. The molecule has 31 heavy (non-hydrogen) atoms. The van der Waals surface area contributed by atoms with Crippen molar-refractivity contribution in [2.45, 2.75) is 57.7 Å². The maximum atomic E-state index is 10.1. The SMILES string of the molecule is CC(C)[C@H](N)C(=O)O.NC(=O)CC[C@H](N)C(=O)O.NCC(=O)O.O=C(O)[C@@H]1CCCN1. The Balaban J connectivity index is -0.000000346. The van der Waals surface area contributed by atoms with Gasteiger partial charge in [-0.15, -0.1) is 0 Å². The Morgan fingerprint density at radius 3 is 1.65 bits per heavy atom. The minimum absolute atomic E-state index is 0.0208. The largest absolute Gasteiger partial charge is 0.480 e. The Morgan fingerprint density at radius 1 is 1.00 bits per heavy atom. The van der Waals surface area contributed by atoms with Crippen molar-refractivity contribution in [3.63, 3.8) is 0 Å². The Morgan fingerprint density at radius 2 is 1.48 bits per heavy atom. The van der Waals surface area contributed by atoms with Crippen LogP contribution in [0.15, 0.2) is 0 Å². The third-order valence-electron chi connectivity index (χ3n) is 3.56. The van der Waals surface area contributed by atoms with Crippen LogP contribution in [-0.2, 0) is 24.0 Å². The van der Waals surface area contributed by atoms with Gasteiger partial charge in [-0.05, 0) is 31.7 Å². The number of hydrogen-bond acceptors (Lipinski definition) is 9. The molecular weight excluding hydrogens is 418 g/mol. The highest BCUT2D eigenvalue weighted by Gasteiger charge is 2.20. The molecule has 0 radical (unpaired) electrons. The predicted molar refractivity (Wildman–Crippen MR) is 110 cm³/mol. The van der Waals surface area contributed by atoms with Gasteiger partial charge in [-0.3, -0.25) is 24.0 Å². The van der Waals surface area contributed by atoms with E-state index in [0.717, 1.165) is 19.4 Å². The van der Waals surface area contributed by atoms with Crippen LogP contribution in [0.5, 0.6) is 0 Å². The van der Waals surface area contributed by atoms with Gasteiger partial charge in [0.05, 0.1) is 6.54 Å². The second kappa shape index (κ2) is 19.2. The van der Waals surface area contributed by atoms with E-state index >= 15 is 0 Å². The van der Waals surface area contributed by atoms with Crippen molar-refractivity contribution in [3.8, 4) is 0 Å². The van der Waals surface area contributed by atoms with Crippen molar-refractivity contribution in [2.24, 2.45) is 28.9 Å². The molecular formula is C17H35N5O9. The van der Waals surface area contributed by atoms with E-state index in [4.69, 9.17) is 37.6 Å². The molecule has 0 aliphatic carbocycles. The monoisotopic (exact) mass is 453 g/mol. The molecule has 0 aromatic carbocycles. The number of hydrogen-bond donors (Lipinski definition) is 9. The van der Waals surface area contributed by atoms with Crippen LogP contribution >= 0.6 is 0 Å². The molecule has 0 bridgehead atoms. The second-order valence-corrected chi connectivity index (χ2v) is 6.64. The number of carboxylic acids is 4. The van der Waals surface area contributed by atoms with E-state index in [-0.39, 0.29) is 31.3 Å². The van der Waals surface area contributed by atoms with Gasteiger partial charge in [0.25, 0.3) is 0 Å². The van der Waals surface area contributed by atoms with E-state index < -0.39 is 41.9 Å². The van der Waals surface area contributed by atoms with Crippen molar-refractivity contribution >= 4 is 29.8 Å². The lowest BCUT2D eigenvalue weighted by molar-refractivity contribution is -0.140. The molecule has 14 nitrogen and oxygen atoms in total. The Kier molecular flexibility index (Phi) is 20.3. The molecule has 1 fully saturated rings. The van der Waals surface area contributed by atoms with Crippen LogP contribution in [0, 0.1) is 5.92 Å².